The van der Waals surface area contributed by atoms with Crippen LogP contribution in [0.2, 0.25) is 5.02 Å². The summed E-state index contributed by atoms with van der Waals surface area (Å²) >= 11 is 5.80. The summed E-state index contributed by atoms with van der Waals surface area (Å²) in [5.74, 6) is -0.118. The van der Waals surface area contributed by atoms with Crippen molar-refractivity contribution < 1.29 is 22.9 Å². The maximum absolute atomic E-state index is 12.6. The van der Waals surface area contributed by atoms with Crippen LogP contribution in [0, 0.1) is 17.0 Å². The van der Waals surface area contributed by atoms with Gasteiger partial charge in [0.1, 0.15) is 5.75 Å². The number of hydrogen-bond donors (Lipinski definition) is 2. The molecule has 1 amide bonds. The quantitative estimate of drug-likeness (QED) is 0.366. The molecule has 3 rings (SSSR count). The lowest BCUT2D eigenvalue weighted by Gasteiger charge is -2.11. The fourth-order valence-corrected chi connectivity index (χ4v) is 3.52. The van der Waals surface area contributed by atoms with Gasteiger partial charge in [0.15, 0.2) is 0 Å². The van der Waals surface area contributed by atoms with Crippen molar-refractivity contribution >= 4 is 44.6 Å². The summed E-state index contributed by atoms with van der Waals surface area (Å²) in [5, 5.41) is 14.1. The minimum absolute atomic E-state index is 0.0159. The van der Waals surface area contributed by atoms with E-state index in [1.807, 2.05) is 0 Å². The molecule has 166 valence electrons. The maximum atomic E-state index is 12.6. The van der Waals surface area contributed by atoms with Crippen molar-refractivity contribution in [3.63, 3.8) is 0 Å². The molecular weight excluding hydrogens is 458 g/mol. The van der Waals surface area contributed by atoms with Crippen molar-refractivity contribution in [1.29, 1.82) is 0 Å². The van der Waals surface area contributed by atoms with Crippen molar-refractivity contribution in [3.05, 3.63) is 86.9 Å². The number of nitro benzene ring substituents is 1. The molecule has 0 atom stereocenters. The average Bonchev–Trinajstić information content (AvgIpc) is 2.71. The number of anilines is 2. The third-order valence-electron chi connectivity index (χ3n) is 4.25. The molecule has 0 aliphatic heterocycles. The summed E-state index contributed by atoms with van der Waals surface area (Å²) in [6.45, 7) is 1.74. The molecule has 0 saturated heterocycles. The van der Waals surface area contributed by atoms with Gasteiger partial charge in [0, 0.05) is 22.3 Å². The number of carbonyl (C=O) groups is 1. The standard InChI is InChI=1S/C21H18ClN3O6S/c1-13-3-7-16(12-18(13)24-32(2,29)30)23-21(26)14-4-8-17(9-5-14)31-20-10-6-15(22)11-19(20)25(27)28/h3-12,24H,1-2H3,(H,23,26). The van der Waals surface area contributed by atoms with Crippen LogP contribution in [0.5, 0.6) is 11.5 Å². The molecule has 9 nitrogen and oxygen atoms in total. The van der Waals surface area contributed by atoms with E-state index in [1.165, 1.54) is 48.5 Å². The van der Waals surface area contributed by atoms with Crippen LogP contribution < -0.4 is 14.8 Å². The Kier molecular flexibility index (Phi) is 6.66. The SMILES string of the molecule is Cc1ccc(NC(=O)c2ccc(Oc3ccc(Cl)cc3[N+](=O)[O-])cc2)cc1NS(C)(=O)=O. The third kappa shape index (κ3) is 5.96. The largest absolute Gasteiger partial charge is 0.450 e. The first-order chi connectivity index (χ1) is 15.0. The molecule has 2 N–H and O–H groups in total. The molecule has 0 fully saturated rings. The second kappa shape index (κ2) is 9.25. The monoisotopic (exact) mass is 475 g/mol. The van der Waals surface area contributed by atoms with Gasteiger partial charge in [-0.2, -0.15) is 0 Å². The van der Waals surface area contributed by atoms with E-state index in [0.717, 1.165) is 6.26 Å². The molecule has 0 aliphatic rings. The molecule has 3 aromatic carbocycles. The zero-order chi connectivity index (χ0) is 23.5. The number of benzene rings is 3. The van der Waals surface area contributed by atoms with Crippen molar-refractivity contribution in [3.8, 4) is 11.5 Å². The average molecular weight is 476 g/mol. The highest BCUT2D eigenvalue weighted by atomic mass is 35.5. The molecular formula is C21H18ClN3O6S. The second-order valence-corrected chi connectivity index (χ2v) is 9.04. The highest BCUT2D eigenvalue weighted by molar-refractivity contribution is 7.92. The Hall–Kier alpha value is -3.63. The predicted octanol–water partition coefficient (Wildman–Crippen LogP) is 4.97. The van der Waals surface area contributed by atoms with E-state index in [2.05, 4.69) is 10.0 Å². The van der Waals surface area contributed by atoms with Gasteiger partial charge in [-0.15, -0.1) is 0 Å². The van der Waals surface area contributed by atoms with Gasteiger partial charge >= 0.3 is 5.69 Å². The van der Waals surface area contributed by atoms with Crippen LogP contribution in [-0.4, -0.2) is 25.5 Å². The number of halogens is 1. The number of ether oxygens (including phenoxy) is 1. The van der Waals surface area contributed by atoms with Gasteiger partial charge in [-0.25, -0.2) is 8.42 Å². The van der Waals surface area contributed by atoms with Crippen LogP contribution in [0.3, 0.4) is 0 Å². The van der Waals surface area contributed by atoms with Gasteiger partial charge < -0.3 is 10.1 Å². The first-order valence-corrected chi connectivity index (χ1v) is 11.4. The summed E-state index contributed by atoms with van der Waals surface area (Å²) < 4.78 is 30.9. The van der Waals surface area contributed by atoms with Crippen molar-refractivity contribution in [2.75, 3.05) is 16.3 Å². The Morgan fingerprint density at radius 2 is 1.75 bits per heavy atom. The Labute approximate surface area is 189 Å². The van der Waals surface area contributed by atoms with E-state index in [9.17, 15) is 23.3 Å². The van der Waals surface area contributed by atoms with E-state index in [-0.39, 0.29) is 16.5 Å². The zero-order valence-corrected chi connectivity index (χ0v) is 18.5. The van der Waals surface area contributed by atoms with E-state index in [4.69, 9.17) is 16.3 Å². The van der Waals surface area contributed by atoms with Gasteiger partial charge in [-0.3, -0.25) is 19.6 Å². The number of sulfonamides is 1. The predicted molar refractivity (Wildman–Crippen MR) is 122 cm³/mol. The molecule has 32 heavy (non-hydrogen) atoms. The Balaban J connectivity index is 1.74. The van der Waals surface area contributed by atoms with E-state index in [0.29, 0.717) is 28.3 Å². The number of amides is 1. The molecule has 0 unspecified atom stereocenters. The number of carbonyl (C=O) groups excluding carboxylic acids is 1. The van der Waals surface area contributed by atoms with E-state index >= 15 is 0 Å². The molecule has 0 aromatic heterocycles. The normalized spacial score (nSPS) is 11.0. The summed E-state index contributed by atoms with van der Waals surface area (Å²) in [6.07, 6.45) is 1.04. The maximum Gasteiger partial charge on any atom is 0.313 e. The Bertz CT molecular complexity index is 1290. The summed E-state index contributed by atoms with van der Waals surface area (Å²) in [4.78, 5) is 23.1. The fourth-order valence-electron chi connectivity index (χ4n) is 2.73. The molecule has 11 heteroatoms. The molecule has 0 bridgehead atoms. The van der Waals surface area contributed by atoms with Crippen molar-refractivity contribution in [2.24, 2.45) is 0 Å². The third-order valence-corrected chi connectivity index (χ3v) is 5.08. The van der Waals surface area contributed by atoms with E-state index < -0.39 is 20.9 Å². The summed E-state index contributed by atoms with van der Waals surface area (Å²) in [5.41, 5.74) is 1.49. The molecule has 0 radical (unpaired) electrons. The van der Waals surface area contributed by atoms with Gasteiger partial charge in [-0.1, -0.05) is 17.7 Å². The van der Waals surface area contributed by atoms with Gasteiger partial charge in [0.2, 0.25) is 15.8 Å². The Morgan fingerprint density at radius 3 is 2.38 bits per heavy atom. The van der Waals surface area contributed by atoms with Crippen molar-refractivity contribution in [1.82, 2.24) is 0 Å². The second-order valence-electron chi connectivity index (χ2n) is 6.85. The lowest BCUT2D eigenvalue weighted by Crippen LogP contribution is -2.14. The van der Waals surface area contributed by atoms with Crippen LogP contribution in [0.25, 0.3) is 0 Å². The zero-order valence-electron chi connectivity index (χ0n) is 17.0. The van der Waals surface area contributed by atoms with Crippen molar-refractivity contribution in [2.45, 2.75) is 6.92 Å². The molecule has 0 heterocycles. The number of nitrogens with zero attached hydrogens (tertiary/aromatic N) is 1. The number of nitro groups is 1. The molecule has 0 saturated carbocycles. The highest BCUT2D eigenvalue weighted by Crippen LogP contribution is 2.33. The van der Waals surface area contributed by atoms with Crippen LogP contribution in [-0.2, 0) is 10.0 Å². The van der Waals surface area contributed by atoms with Crippen LogP contribution in [0.4, 0.5) is 17.1 Å². The highest BCUT2D eigenvalue weighted by Gasteiger charge is 2.17. The Morgan fingerprint density at radius 1 is 1.06 bits per heavy atom. The lowest BCUT2D eigenvalue weighted by atomic mass is 10.1. The van der Waals surface area contributed by atoms with Gasteiger partial charge in [-0.05, 0) is 61.0 Å². The van der Waals surface area contributed by atoms with Crippen LogP contribution in [0.1, 0.15) is 15.9 Å². The number of hydrogen-bond acceptors (Lipinski definition) is 6. The first-order valence-electron chi connectivity index (χ1n) is 9.13. The van der Waals surface area contributed by atoms with Gasteiger partial charge in [0.05, 0.1) is 16.9 Å². The number of nitrogens with one attached hydrogen (secondary N) is 2. The molecule has 0 aliphatic carbocycles. The first kappa shape index (κ1) is 23.0. The fraction of sp³-hybridized carbons (Fsp3) is 0.0952. The topological polar surface area (TPSA) is 128 Å². The summed E-state index contributed by atoms with van der Waals surface area (Å²) in [6, 6.07) is 14.9. The van der Waals surface area contributed by atoms with Crippen LogP contribution in [0.15, 0.2) is 60.7 Å². The number of aryl methyl sites for hydroxylation is 1. The molecule has 0 spiro atoms. The minimum atomic E-state index is -3.46. The van der Waals surface area contributed by atoms with E-state index in [1.54, 1.807) is 19.1 Å². The smallest absolute Gasteiger partial charge is 0.313 e. The summed E-state index contributed by atoms with van der Waals surface area (Å²) in [7, 11) is -3.46. The molecule has 3 aromatic rings. The minimum Gasteiger partial charge on any atom is -0.450 e. The van der Waals surface area contributed by atoms with Crippen LogP contribution >= 0.6 is 11.6 Å². The van der Waals surface area contributed by atoms with Gasteiger partial charge in [0.25, 0.3) is 5.91 Å². The lowest BCUT2D eigenvalue weighted by molar-refractivity contribution is -0.385. The number of rotatable bonds is 7.